The summed E-state index contributed by atoms with van der Waals surface area (Å²) in [6, 6.07) is 9.73. The first-order chi connectivity index (χ1) is 13.9. The first kappa shape index (κ1) is 20.1. The number of hydrogen-bond acceptors (Lipinski definition) is 4. The molecule has 3 aromatic rings. The second-order valence-corrected chi connectivity index (χ2v) is 7.02. The second-order valence-electron chi connectivity index (χ2n) is 7.02. The maximum Gasteiger partial charge on any atom is 0.266 e. The molecule has 0 saturated carbocycles. The van der Waals surface area contributed by atoms with E-state index in [-0.39, 0.29) is 29.5 Å². The number of carbonyl (C=O) groups excluding carboxylic acids is 1. The molecular weight excluding hydrogens is 366 g/mol. The average Bonchev–Trinajstić information content (AvgIpc) is 3.22. The molecule has 1 amide bonds. The third-order valence-electron chi connectivity index (χ3n) is 5.10. The van der Waals surface area contributed by atoms with E-state index in [1.807, 2.05) is 48.0 Å². The molecule has 0 saturated heterocycles. The van der Waals surface area contributed by atoms with Crippen molar-refractivity contribution < 1.29 is 4.79 Å². The highest BCUT2D eigenvalue weighted by Crippen LogP contribution is 2.17. The number of amides is 1. The van der Waals surface area contributed by atoms with Crippen LogP contribution in [0.3, 0.4) is 0 Å². The molecule has 0 aliphatic rings. The number of aromatic nitrogens is 3. The number of aryl methyl sites for hydroxylation is 1. The molecule has 148 valence electrons. The predicted molar refractivity (Wildman–Crippen MR) is 110 cm³/mol. The van der Waals surface area contributed by atoms with E-state index in [4.69, 9.17) is 5.26 Å². The SMILES string of the molecule is Cc1[nH]c(=O)c(C#N)c(C)c1CCC(=O)NC(C)c1ccc(-n2ccnc2)cc1. The topological polar surface area (TPSA) is 104 Å². The van der Waals surface area contributed by atoms with Crippen LogP contribution in [0, 0.1) is 25.2 Å². The van der Waals surface area contributed by atoms with Crippen LogP contribution in [0.1, 0.15) is 47.3 Å². The lowest BCUT2D eigenvalue weighted by Gasteiger charge is -2.16. The lowest BCUT2D eigenvalue weighted by atomic mass is 9.99. The lowest BCUT2D eigenvalue weighted by molar-refractivity contribution is -0.121. The van der Waals surface area contributed by atoms with Gasteiger partial charge in [0.15, 0.2) is 0 Å². The Hall–Kier alpha value is -3.66. The van der Waals surface area contributed by atoms with Crippen molar-refractivity contribution in [2.45, 2.75) is 39.7 Å². The summed E-state index contributed by atoms with van der Waals surface area (Å²) in [6.07, 6.45) is 6.07. The maximum absolute atomic E-state index is 12.4. The fraction of sp³-hybridized carbons (Fsp3) is 0.273. The summed E-state index contributed by atoms with van der Waals surface area (Å²) >= 11 is 0. The van der Waals surface area contributed by atoms with Gasteiger partial charge in [-0.25, -0.2) is 4.98 Å². The van der Waals surface area contributed by atoms with Gasteiger partial charge in [-0.3, -0.25) is 9.59 Å². The van der Waals surface area contributed by atoms with Gasteiger partial charge in [0.2, 0.25) is 5.91 Å². The number of rotatable bonds is 6. The van der Waals surface area contributed by atoms with E-state index in [9.17, 15) is 9.59 Å². The van der Waals surface area contributed by atoms with Gasteiger partial charge in [-0.05, 0) is 56.0 Å². The number of nitrogens with one attached hydrogen (secondary N) is 2. The van der Waals surface area contributed by atoms with Gasteiger partial charge in [0, 0.05) is 30.2 Å². The predicted octanol–water partition coefficient (Wildman–Crippen LogP) is 2.86. The molecule has 1 aromatic carbocycles. The van der Waals surface area contributed by atoms with Gasteiger partial charge in [0.05, 0.1) is 12.4 Å². The van der Waals surface area contributed by atoms with Crippen molar-refractivity contribution in [2.75, 3.05) is 0 Å². The quantitative estimate of drug-likeness (QED) is 0.676. The van der Waals surface area contributed by atoms with Crippen LogP contribution in [0.25, 0.3) is 5.69 Å². The van der Waals surface area contributed by atoms with Crippen LogP contribution in [-0.2, 0) is 11.2 Å². The van der Waals surface area contributed by atoms with Crippen molar-refractivity contribution in [3.63, 3.8) is 0 Å². The first-order valence-electron chi connectivity index (χ1n) is 9.40. The minimum Gasteiger partial charge on any atom is -0.350 e. The van der Waals surface area contributed by atoms with E-state index >= 15 is 0 Å². The van der Waals surface area contributed by atoms with E-state index in [1.54, 1.807) is 26.4 Å². The molecule has 0 spiro atoms. The Morgan fingerprint density at radius 1 is 1.31 bits per heavy atom. The zero-order valence-electron chi connectivity index (χ0n) is 16.7. The minimum absolute atomic E-state index is 0.0836. The van der Waals surface area contributed by atoms with Crippen LogP contribution in [0.4, 0.5) is 0 Å². The van der Waals surface area contributed by atoms with Gasteiger partial charge in [-0.15, -0.1) is 0 Å². The van der Waals surface area contributed by atoms with Crippen LogP contribution in [-0.4, -0.2) is 20.4 Å². The molecule has 0 aliphatic heterocycles. The zero-order valence-corrected chi connectivity index (χ0v) is 16.7. The maximum atomic E-state index is 12.4. The fourth-order valence-corrected chi connectivity index (χ4v) is 3.40. The third-order valence-corrected chi connectivity index (χ3v) is 5.10. The minimum atomic E-state index is -0.386. The van der Waals surface area contributed by atoms with E-state index in [1.165, 1.54) is 0 Å². The van der Waals surface area contributed by atoms with Crippen LogP contribution >= 0.6 is 0 Å². The van der Waals surface area contributed by atoms with Gasteiger partial charge < -0.3 is 14.9 Å². The molecule has 7 heteroatoms. The van der Waals surface area contributed by atoms with Crippen LogP contribution < -0.4 is 10.9 Å². The first-order valence-corrected chi connectivity index (χ1v) is 9.40. The molecule has 3 rings (SSSR count). The van der Waals surface area contributed by atoms with Gasteiger partial charge in [-0.1, -0.05) is 12.1 Å². The molecule has 0 radical (unpaired) electrons. The van der Waals surface area contributed by atoms with E-state index in [2.05, 4.69) is 15.3 Å². The summed E-state index contributed by atoms with van der Waals surface area (Å²) in [7, 11) is 0. The van der Waals surface area contributed by atoms with Crippen LogP contribution in [0.5, 0.6) is 0 Å². The van der Waals surface area contributed by atoms with Crippen LogP contribution in [0.2, 0.25) is 0 Å². The molecule has 2 aromatic heterocycles. The molecule has 1 atom stereocenters. The van der Waals surface area contributed by atoms with E-state index in [0.29, 0.717) is 17.7 Å². The molecule has 7 nitrogen and oxygen atoms in total. The number of carbonyl (C=O) groups is 1. The Kier molecular flexibility index (Phi) is 5.93. The van der Waals surface area contributed by atoms with Crippen LogP contribution in [0.15, 0.2) is 47.8 Å². The molecule has 1 unspecified atom stereocenters. The highest BCUT2D eigenvalue weighted by Gasteiger charge is 2.15. The van der Waals surface area contributed by atoms with E-state index in [0.717, 1.165) is 16.8 Å². The summed E-state index contributed by atoms with van der Waals surface area (Å²) in [6.45, 7) is 5.47. The average molecular weight is 389 g/mol. The van der Waals surface area contributed by atoms with Crippen molar-refractivity contribution in [3.8, 4) is 11.8 Å². The Bertz CT molecular complexity index is 1110. The summed E-state index contributed by atoms with van der Waals surface area (Å²) in [4.78, 5) is 31.0. The third kappa shape index (κ3) is 4.43. The molecule has 2 heterocycles. The summed E-state index contributed by atoms with van der Waals surface area (Å²) in [5, 5.41) is 12.2. The fourth-order valence-electron chi connectivity index (χ4n) is 3.40. The Labute approximate surface area is 169 Å². The van der Waals surface area contributed by atoms with Crippen molar-refractivity contribution in [1.82, 2.24) is 19.9 Å². The second kappa shape index (κ2) is 8.57. The van der Waals surface area contributed by atoms with Crippen molar-refractivity contribution in [1.29, 1.82) is 5.26 Å². The Morgan fingerprint density at radius 2 is 2.03 bits per heavy atom. The largest absolute Gasteiger partial charge is 0.350 e. The monoisotopic (exact) mass is 389 g/mol. The summed E-state index contributed by atoms with van der Waals surface area (Å²) in [5.74, 6) is -0.0836. The molecular formula is C22H23N5O2. The molecule has 2 N–H and O–H groups in total. The van der Waals surface area contributed by atoms with Crippen molar-refractivity contribution in [3.05, 3.63) is 81.3 Å². The number of H-pyrrole nitrogens is 1. The van der Waals surface area contributed by atoms with Gasteiger partial charge in [0.25, 0.3) is 5.56 Å². The van der Waals surface area contributed by atoms with Gasteiger partial charge >= 0.3 is 0 Å². The molecule has 0 bridgehead atoms. The number of benzene rings is 1. The number of aromatic amines is 1. The van der Waals surface area contributed by atoms with Gasteiger partial charge in [0.1, 0.15) is 11.6 Å². The highest BCUT2D eigenvalue weighted by atomic mass is 16.1. The Morgan fingerprint density at radius 3 is 2.66 bits per heavy atom. The number of nitrogens with zero attached hydrogens (tertiary/aromatic N) is 3. The smallest absolute Gasteiger partial charge is 0.266 e. The molecule has 0 fully saturated rings. The number of imidazole rings is 1. The van der Waals surface area contributed by atoms with Gasteiger partial charge in [-0.2, -0.15) is 5.26 Å². The molecule has 29 heavy (non-hydrogen) atoms. The van der Waals surface area contributed by atoms with Crippen molar-refractivity contribution in [2.24, 2.45) is 0 Å². The number of nitriles is 1. The number of hydrogen-bond donors (Lipinski definition) is 2. The highest BCUT2D eigenvalue weighted by molar-refractivity contribution is 5.76. The zero-order chi connectivity index (χ0) is 21.0. The lowest BCUT2D eigenvalue weighted by Crippen LogP contribution is -2.27. The number of pyridine rings is 1. The molecule has 0 aliphatic carbocycles. The normalized spacial score (nSPS) is 11.7. The summed E-state index contributed by atoms with van der Waals surface area (Å²) < 4.78 is 1.91. The van der Waals surface area contributed by atoms with Crippen molar-refractivity contribution >= 4 is 5.91 Å². The Balaban J connectivity index is 1.63. The van der Waals surface area contributed by atoms with E-state index < -0.39 is 0 Å². The standard InChI is InChI=1S/C22H23N5O2/c1-14-19(16(3)26-22(29)20(14)12-23)8-9-21(28)25-15(2)17-4-6-18(7-5-17)27-11-10-24-13-27/h4-7,10-11,13,15H,8-9H2,1-3H3,(H,25,28)(H,26,29). The summed E-state index contributed by atoms with van der Waals surface area (Å²) in [5.41, 5.74) is 3.91.